The van der Waals surface area contributed by atoms with Crippen molar-refractivity contribution in [2.45, 2.75) is 25.2 Å². The van der Waals surface area contributed by atoms with E-state index in [9.17, 15) is 8.42 Å². The average molecular weight is 252 g/mol. The van der Waals surface area contributed by atoms with Crippen molar-refractivity contribution in [3.05, 3.63) is 30.3 Å². The van der Waals surface area contributed by atoms with Gasteiger partial charge in [0, 0.05) is 5.92 Å². The molecule has 1 rings (SSSR count). The number of benzene rings is 1. The van der Waals surface area contributed by atoms with Crippen molar-refractivity contribution >= 4 is 10.1 Å². The third-order valence-electron chi connectivity index (χ3n) is 2.28. The molecule has 1 aromatic rings. The highest BCUT2D eigenvalue weighted by molar-refractivity contribution is 7.86. The fourth-order valence-electron chi connectivity index (χ4n) is 1.08. The van der Waals surface area contributed by atoms with Gasteiger partial charge in [0.1, 0.15) is 6.61 Å². The van der Waals surface area contributed by atoms with E-state index in [4.69, 9.17) is 4.18 Å². The van der Waals surface area contributed by atoms with Crippen LogP contribution in [0.2, 0.25) is 0 Å². The zero-order chi connectivity index (χ0) is 12.7. The Morgan fingerprint density at radius 2 is 1.94 bits per heavy atom. The monoisotopic (exact) mass is 252 g/mol. The molecule has 0 N–H and O–H groups in total. The minimum Gasteiger partial charge on any atom is -0.253 e. The van der Waals surface area contributed by atoms with E-state index in [2.05, 4.69) is 11.8 Å². The normalized spacial score (nSPS) is 12.6. The predicted molar refractivity (Wildman–Crippen MR) is 66.8 cm³/mol. The molecule has 0 aliphatic heterocycles. The molecule has 0 heterocycles. The van der Waals surface area contributed by atoms with Crippen molar-refractivity contribution in [3.8, 4) is 11.8 Å². The second-order valence-corrected chi connectivity index (χ2v) is 5.28. The van der Waals surface area contributed by atoms with Gasteiger partial charge in [0.15, 0.2) is 0 Å². The van der Waals surface area contributed by atoms with Gasteiger partial charge < -0.3 is 0 Å². The molecule has 0 bridgehead atoms. The van der Waals surface area contributed by atoms with Crippen LogP contribution in [0.25, 0.3) is 0 Å². The molecule has 0 fully saturated rings. The maximum Gasteiger partial charge on any atom is 0.297 e. The summed E-state index contributed by atoms with van der Waals surface area (Å²) >= 11 is 0. The van der Waals surface area contributed by atoms with Crippen LogP contribution in [0.5, 0.6) is 0 Å². The van der Waals surface area contributed by atoms with Crippen LogP contribution < -0.4 is 0 Å². The Bertz CT molecular complexity index is 494. The topological polar surface area (TPSA) is 43.4 Å². The van der Waals surface area contributed by atoms with Crippen molar-refractivity contribution in [2.75, 3.05) is 6.61 Å². The molecule has 3 nitrogen and oxygen atoms in total. The van der Waals surface area contributed by atoms with Gasteiger partial charge in [-0.1, -0.05) is 43.9 Å². The van der Waals surface area contributed by atoms with Crippen molar-refractivity contribution in [3.63, 3.8) is 0 Å². The lowest BCUT2D eigenvalue weighted by Crippen LogP contribution is -2.06. The molecule has 0 saturated carbocycles. The van der Waals surface area contributed by atoms with Crippen LogP contribution in [0.1, 0.15) is 20.3 Å². The summed E-state index contributed by atoms with van der Waals surface area (Å²) in [4.78, 5) is 0.158. The van der Waals surface area contributed by atoms with Gasteiger partial charge in [0.05, 0.1) is 4.90 Å². The van der Waals surface area contributed by atoms with E-state index in [0.717, 1.165) is 6.42 Å². The molecule has 0 saturated heterocycles. The molecule has 0 aliphatic rings. The third kappa shape index (κ3) is 4.59. The fraction of sp³-hybridized carbons (Fsp3) is 0.385. The van der Waals surface area contributed by atoms with E-state index in [1.54, 1.807) is 18.2 Å². The first kappa shape index (κ1) is 13.8. The van der Waals surface area contributed by atoms with Gasteiger partial charge in [-0.25, -0.2) is 0 Å². The van der Waals surface area contributed by atoms with Crippen LogP contribution in [0.3, 0.4) is 0 Å². The summed E-state index contributed by atoms with van der Waals surface area (Å²) in [7, 11) is -3.67. The molecule has 0 aromatic heterocycles. The summed E-state index contributed by atoms with van der Waals surface area (Å²) in [6.45, 7) is 3.92. The van der Waals surface area contributed by atoms with Crippen molar-refractivity contribution in [2.24, 2.45) is 5.92 Å². The fourth-order valence-corrected chi connectivity index (χ4v) is 1.92. The zero-order valence-corrected chi connectivity index (χ0v) is 10.8. The molecule has 0 radical (unpaired) electrons. The maximum atomic E-state index is 11.7. The molecule has 1 unspecified atom stereocenters. The van der Waals surface area contributed by atoms with E-state index in [1.165, 1.54) is 12.1 Å². The molecule has 0 aliphatic carbocycles. The molecule has 92 valence electrons. The van der Waals surface area contributed by atoms with Crippen LogP contribution in [0.15, 0.2) is 35.2 Å². The second kappa shape index (κ2) is 6.43. The van der Waals surface area contributed by atoms with Gasteiger partial charge in [-0.05, 0) is 18.6 Å². The minimum atomic E-state index is -3.67. The van der Waals surface area contributed by atoms with Crippen molar-refractivity contribution in [1.29, 1.82) is 0 Å². The largest absolute Gasteiger partial charge is 0.297 e. The SMILES string of the molecule is CCC(C)C#CCOS(=O)(=O)c1ccccc1. The van der Waals surface area contributed by atoms with Crippen LogP contribution >= 0.6 is 0 Å². The molecule has 17 heavy (non-hydrogen) atoms. The van der Waals surface area contributed by atoms with Crippen LogP contribution in [-0.4, -0.2) is 15.0 Å². The van der Waals surface area contributed by atoms with Gasteiger partial charge in [0.2, 0.25) is 0 Å². The third-order valence-corrected chi connectivity index (χ3v) is 3.56. The predicted octanol–water partition coefficient (Wildman–Crippen LogP) is 2.44. The first-order chi connectivity index (χ1) is 8.06. The first-order valence-corrected chi connectivity index (χ1v) is 6.90. The quantitative estimate of drug-likeness (QED) is 0.610. The molecular weight excluding hydrogens is 236 g/mol. The number of rotatable bonds is 4. The highest BCUT2D eigenvalue weighted by Crippen LogP contribution is 2.10. The Morgan fingerprint density at radius 1 is 1.29 bits per heavy atom. The average Bonchev–Trinajstić information content (AvgIpc) is 2.35. The zero-order valence-electron chi connectivity index (χ0n) is 10.0. The Balaban J connectivity index is 2.60. The van der Waals surface area contributed by atoms with Crippen molar-refractivity contribution < 1.29 is 12.6 Å². The highest BCUT2D eigenvalue weighted by atomic mass is 32.2. The van der Waals surface area contributed by atoms with Gasteiger partial charge in [-0.2, -0.15) is 8.42 Å². The first-order valence-electron chi connectivity index (χ1n) is 5.49. The van der Waals surface area contributed by atoms with E-state index >= 15 is 0 Å². The lowest BCUT2D eigenvalue weighted by atomic mass is 10.1. The van der Waals surface area contributed by atoms with E-state index < -0.39 is 10.1 Å². The lowest BCUT2D eigenvalue weighted by molar-refractivity contribution is 0.363. The van der Waals surface area contributed by atoms with Gasteiger partial charge in [-0.15, -0.1) is 0 Å². The van der Waals surface area contributed by atoms with Gasteiger partial charge in [0.25, 0.3) is 10.1 Å². The highest BCUT2D eigenvalue weighted by Gasteiger charge is 2.12. The Hall–Kier alpha value is -1.31. The smallest absolute Gasteiger partial charge is 0.253 e. The molecule has 0 amide bonds. The summed E-state index contributed by atoms with van der Waals surface area (Å²) in [6, 6.07) is 8.05. The Morgan fingerprint density at radius 3 is 2.53 bits per heavy atom. The van der Waals surface area contributed by atoms with Crippen LogP contribution in [0.4, 0.5) is 0 Å². The summed E-state index contributed by atoms with van der Waals surface area (Å²) in [6.07, 6.45) is 0.943. The second-order valence-electron chi connectivity index (χ2n) is 3.66. The van der Waals surface area contributed by atoms with Crippen LogP contribution in [-0.2, 0) is 14.3 Å². The summed E-state index contributed by atoms with van der Waals surface area (Å²) in [5.74, 6) is 5.89. The van der Waals surface area contributed by atoms with E-state index in [-0.39, 0.29) is 17.4 Å². The lowest BCUT2D eigenvalue weighted by Gasteiger charge is -2.01. The maximum absolute atomic E-state index is 11.7. The van der Waals surface area contributed by atoms with E-state index in [1.807, 2.05) is 13.8 Å². The van der Waals surface area contributed by atoms with Crippen LogP contribution in [0, 0.1) is 17.8 Å². The minimum absolute atomic E-state index is 0.0957. The molecule has 0 spiro atoms. The molecule has 1 aromatic carbocycles. The molecule has 1 atom stereocenters. The number of hydrogen-bond donors (Lipinski definition) is 0. The Kier molecular flexibility index (Phi) is 5.20. The summed E-state index contributed by atoms with van der Waals surface area (Å²) in [5, 5.41) is 0. The number of hydrogen-bond acceptors (Lipinski definition) is 3. The Labute approximate surface area is 103 Å². The van der Waals surface area contributed by atoms with Gasteiger partial charge >= 0.3 is 0 Å². The summed E-state index contributed by atoms with van der Waals surface area (Å²) < 4.78 is 28.1. The standard InChI is InChI=1S/C13H16O3S/c1-3-12(2)8-7-11-16-17(14,15)13-9-5-4-6-10-13/h4-6,9-10,12H,3,11H2,1-2H3. The molecule has 4 heteroatoms. The van der Waals surface area contributed by atoms with Crippen molar-refractivity contribution in [1.82, 2.24) is 0 Å². The van der Waals surface area contributed by atoms with Gasteiger partial charge in [-0.3, -0.25) is 4.18 Å². The molecular formula is C13H16O3S. The van der Waals surface area contributed by atoms with E-state index in [0.29, 0.717) is 0 Å². The summed E-state index contributed by atoms with van der Waals surface area (Å²) in [5.41, 5.74) is 0.